The molecule has 13 heteroatoms. The SMILES string of the molecule is COc1ccc(-c2noc(CN3N=N[C@@H]4C(=O)N(c5ccc(F)c(F)c5)C(=O)[C@@H]43)n2)c(OC)c1. The van der Waals surface area contributed by atoms with Gasteiger partial charge in [-0.05, 0) is 24.3 Å². The smallest absolute Gasteiger partial charge is 0.263 e. The predicted molar refractivity (Wildman–Crippen MR) is 110 cm³/mol. The fourth-order valence-corrected chi connectivity index (χ4v) is 3.78. The minimum absolute atomic E-state index is 0.0925. The molecular formula is C21H16F2N6O5. The Morgan fingerprint density at radius 2 is 1.85 bits per heavy atom. The molecule has 0 N–H and O–H groups in total. The summed E-state index contributed by atoms with van der Waals surface area (Å²) in [6.45, 7) is -0.110. The number of methoxy groups -OCH3 is 2. The number of fused-ring (bicyclic) bond motifs is 1. The molecular weight excluding hydrogens is 454 g/mol. The van der Waals surface area contributed by atoms with E-state index >= 15 is 0 Å². The second kappa shape index (κ2) is 8.17. The summed E-state index contributed by atoms with van der Waals surface area (Å²) in [6, 6.07) is 5.64. The summed E-state index contributed by atoms with van der Waals surface area (Å²) in [5.41, 5.74) is 0.459. The van der Waals surface area contributed by atoms with E-state index in [4.69, 9.17) is 14.0 Å². The highest BCUT2D eigenvalue weighted by molar-refractivity contribution is 6.25. The maximum Gasteiger partial charge on any atom is 0.263 e. The number of carbonyl (C=O) groups excluding carboxylic acids is 2. The Morgan fingerprint density at radius 3 is 2.59 bits per heavy atom. The van der Waals surface area contributed by atoms with Gasteiger partial charge >= 0.3 is 0 Å². The number of hydrogen-bond donors (Lipinski definition) is 0. The molecule has 2 aliphatic heterocycles. The van der Waals surface area contributed by atoms with Crippen molar-refractivity contribution in [3.63, 3.8) is 0 Å². The van der Waals surface area contributed by atoms with E-state index in [2.05, 4.69) is 20.5 Å². The molecule has 0 saturated carbocycles. The number of anilines is 1. The molecule has 5 rings (SSSR count). The van der Waals surface area contributed by atoms with Crippen molar-refractivity contribution in [3.8, 4) is 22.9 Å². The highest BCUT2D eigenvalue weighted by atomic mass is 19.2. The van der Waals surface area contributed by atoms with E-state index in [1.54, 1.807) is 18.2 Å². The zero-order valence-corrected chi connectivity index (χ0v) is 17.8. The number of amides is 2. The Balaban J connectivity index is 1.37. The van der Waals surface area contributed by atoms with E-state index in [1.807, 2.05) is 0 Å². The molecule has 3 aromatic rings. The highest BCUT2D eigenvalue weighted by Gasteiger charge is 2.55. The standard InChI is InChI=1S/C21H16F2N6O5/c1-32-11-4-5-12(15(8-11)33-2)19-24-16(34-26-19)9-28-18-17(25-27-28)20(30)29(21(18)31)10-3-6-13(22)14(23)7-10/h3-8,17-18H,9H2,1-2H3/t17-,18+/m0/s1. The number of benzene rings is 2. The first-order valence-electron chi connectivity index (χ1n) is 9.96. The molecule has 2 aliphatic rings. The van der Waals surface area contributed by atoms with Crippen LogP contribution in [-0.4, -0.2) is 53.3 Å². The first kappa shape index (κ1) is 21.4. The lowest BCUT2D eigenvalue weighted by atomic mass is 10.1. The van der Waals surface area contributed by atoms with Crippen molar-refractivity contribution in [2.75, 3.05) is 19.1 Å². The minimum Gasteiger partial charge on any atom is -0.497 e. The molecule has 1 fully saturated rings. The summed E-state index contributed by atoms with van der Waals surface area (Å²) in [4.78, 5) is 30.8. The zero-order chi connectivity index (χ0) is 24.0. The monoisotopic (exact) mass is 470 g/mol. The molecule has 0 aliphatic carbocycles. The van der Waals surface area contributed by atoms with Gasteiger partial charge in [-0.1, -0.05) is 10.4 Å². The number of aromatic nitrogens is 2. The van der Waals surface area contributed by atoms with Gasteiger partial charge < -0.3 is 14.0 Å². The summed E-state index contributed by atoms with van der Waals surface area (Å²) in [6.07, 6.45) is 0. The van der Waals surface area contributed by atoms with Gasteiger partial charge in [0.15, 0.2) is 23.7 Å². The van der Waals surface area contributed by atoms with Crippen LogP contribution in [0.4, 0.5) is 14.5 Å². The average molecular weight is 470 g/mol. The van der Waals surface area contributed by atoms with Crippen LogP contribution in [-0.2, 0) is 16.1 Å². The van der Waals surface area contributed by atoms with Crippen LogP contribution in [0.3, 0.4) is 0 Å². The topological polar surface area (TPSA) is 123 Å². The van der Waals surface area contributed by atoms with E-state index in [1.165, 1.54) is 19.2 Å². The first-order valence-corrected chi connectivity index (χ1v) is 9.96. The first-order chi connectivity index (χ1) is 16.4. The summed E-state index contributed by atoms with van der Waals surface area (Å²) < 4.78 is 42.8. The molecule has 2 aromatic carbocycles. The Hall–Kier alpha value is -4.42. The second-order valence-corrected chi connectivity index (χ2v) is 7.38. The van der Waals surface area contributed by atoms with Crippen molar-refractivity contribution in [1.82, 2.24) is 15.1 Å². The molecule has 11 nitrogen and oxygen atoms in total. The van der Waals surface area contributed by atoms with Gasteiger partial charge in [-0.25, -0.2) is 13.7 Å². The molecule has 0 spiro atoms. The van der Waals surface area contributed by atoms with E-state index in [-0.39, 0.29) is 23.9 Å². The molecule has 0 radical (unpaired) electrons. The zero-order valence-electron chi connectivity index (χ0n) is 17.8. The fraction of sp³-hybridized carbons (Fsp3) is 0.238. The van der Waals surface area contributed by atoms with Gasteiger partial charge in [0.2, 0.25) is 11.7 Å². The molecule has 0 unspecified atom stereocenters. The van der Waals surface area contributed by atoms with Gasteiger partial charge in [0.25, 0.3) is 11.8 Å². The molecule has 174 valence electrons. The number of hydrogen-bond acceptors (Lipinski definition) is 10. The quantitative estimate of drug-likeness (QED) is 0.504. The summed E-state index contributed by atoms with van der Waals surface area (Å²) in [5, 5.41) is 13.0. The minimum atomic E-state index is -1.18. The lowest BCUT2D eigenvalue weighted by molar-refractivity contribution is -0.123. The second-order valence-electron chi connectivity index (χ2n) is 7.38. The van der Waals surface area contributed by atoms with Crippen LogP contribution in [0.25, 0.3) is 11.4 Å². The van der Waals surface area contributed by atoms with E-state index in [9.17, 15) is 18.4 Å². The molecule has 2 amide bonds. The maximum absolute atomic E-state index is 13.7. The Morgan fingerprint density at radius 1 is 1.03 bits per heavy atom. The Bertz CT molecular complexity index is 1330. The predicted octanol–water partition coefficient (Wildman–Crippen LogP) is 2.53. The average Bonchev–Trinajstić information content (AvgIpc) is 3.53. The third-order valence-electron chi connectivity index (χ3n) is 5.43. The van der Waals surface area contributed by atoms with Crippen molar-refractivity contribution < 1.29 is 32.4 Å². The molecule has 3 heterocycles. The van der Waals surface area contributed by atoms with Gasteiger partial charge in [-0.15, -0.1) is 0 Å². The molecule has 0 bridgehead atoms. The van der Waals surface area contributed by atoms with Crippen LogP contribution in [0, 0.1) is 11.6 Å². The number of rotatable bonds is 6. The van der Waals surface area contributed by atoms with E-state index in [0.29, 0.717) is 17.1 Å². The number of carbonyl (C=O) groups is 2. The summed E-state index contributed by atoms with van der Waals surface area (Å²) >= 11 is 0. The van der Waals surface area contributed by atoms with Gasteiger partial charge in [0.1, 0.15) is 18.0 Å². The number of ether oxygens (including phenoxy) is 2. The highest BCUT2D eigenvalue weighted by Crippen LogP contribution is 2.34. The van der Waals surface area contributed by atoms with Gasteiger partial charge in [-0.2, -0.15) is 10.1 Å². The summed E-state index contributed by atoms with van der Waals surface area (Å²) in [7, 11) is 3.02. The summed E-state index contributed by atoms with van der Waals surface area (Å²) in [5.74, 6) is -2.25. The van der Waals surface area contributed by atoms with Gasteiger partial charge in [0.05, 0.1) is 25.5 Å². The largest absolute Gasteiger partial charge is 0.497 e. The normalized spacial score (nSPS) is 19.2. The number of imide groups is 1. The van der Waals surface area contributed by atoms with Crippen LogP contribution < -0.4 is 14.4 Å². The van der Waals surface area contributed by atoms with Crippen molar-refractivity contribution in [2.24, 2.45) is 10.3 Å². The van der Waals surface area contributed by atoms with Crippen molar-refractivity contribution in [2.45, 2.75) is 18.6 Å². The number of nitrogens with zero attached hydrogens (tertiary/aromatic N) is 6. The molecule has 34 heavy (non-hydrogen) atoms. The van der Waals surface area contributed by atoms with Crippen molar-refractivity contribution >= 4 is 17.5 Å². The number of halogens is 2. The molecule has 1 saturated heterocycles. The van der Waals surface area contributed by atoms with E-state index < -0.39 is 35.5 Å². The van der Waals surface area contributed by atoms with Crippen molar-refractivity contribution in [1.29, 1.82) is 0 Å². The van der Waals surface area contributed by atoms with Crippen LogP contribution in [0.5, 0.6) is 11.5 Å². The lowest BCUT2D eigenvalue weighted by Crippen LogP contribution is -2.39. The Labute approximate surface area is 190 Å². The lowest BCUT2D eigenvalue weighted by Gasteiger charge is -2.19. The molecule has 1 aromatic heterocycles. The van der Waals surface area contributed by atoms with Gasteiger partial charge in [0, 0.05) is 12.1 Å². The molecule has 2 atom stereocenters. The van der Waals surface area contributed by atoms with Crippen LogP contribution in [0.2, 0.25) is 0 Å². The Kier molecular flexibility index (Phi) is 5.15. The van der Waals surface area contributed by atoms with Crippen molar-refractivity contribution in [3.05, 3.63) is 53.9 Å². The fourth-order valence-electron chi connectivity index (χ4n) is 3.78. The van der Waals surface area contributed by atoms with Gasteiger partial charge in [-0.3, -0.25) is 14.6 Å². The van der Waals surface area contributed by atoms with Crippen LogP contribution in [0.15, 0.2) is 51.3 Å². The van der Waals surface area contributed by atoms with Crippen LogP contribution >= 0.6 is 0 Å². The van der Waals surface area contributed by atoms with Crippen LogP contribution in [0.1, 0.15) is 5.89 Å². The third-order valence-corrected chi connectivity index (χ3v) is 5.43. The maximum atomic E-state index is 13.7. The van der Waals surface area contributed by atoms with E-state index in [0.717, 1.165) is 23.1 Å². The third kappa shape index (κ3) is 3.41.